The Bertz CT molecular complexity index is 883. The minimum absolute atomic E-state index is 0. The molecular formula is C24H31NO3. The molecule has 2 fully saturated rings. The summed E-state index contributed by atoms with van der Waals surface area (Å²) in [5.74, 6) is 1.29. The fourth-order valence-electron chi connectivity index (χ4n) is 4.72. The number of nitrogens with zero attached hydrogens (tertiary/aromatic N) is 1. The number of ether oxygens (including phenoxy) is 1. The fourth-order valence-corrected chi connectivity index (χ4v) is 4.72. The summed E-state index contributed by atoms with van der Waals surface area (Å²) in [6.45, 7) is 5.56. The van der Waals surface area contributed by atoms with Gasteiger partial charge in [0.05, 0.1) is 13.7 Å². The molecule has 2 unspecified atom stereocenters. The lowest BCUT2D eigenvalue weighted by molar-refractivity contribution is 0.0707. The molecule has 2 aromatic carbocycles. The van der Waals surface area contributed by atoms with Gasteiger partial charge in [0.15, 0.2) is 0 Å². The number of fused-ring (bicyclic) bond motifs is 1. The highest BCUT2D eigenvalue weighted by molar-refractivity contribution is 5.95. The molecule has 0 spiro atoms. The number of carbonyl (C=O) groups excluding carboxylic acids is 1. The molecule has 150 valence electrons. The van der Waals surface area contributed by atoms with Crippen molar-refractivity contribution in [3.8, 4) is 5.75 Å². The Labute approximate surface area is 168 Å². The topological polar surface area (TPSA) is 49.8 Å². The van der Waals surface area contributed by atoms with Crippen molar-refractivity contribution >= 4 is 5.91 Å². The number of aliphatic hydroxyl groups excluding tert-OH is 1. The van der Waals surface area contributed by atoms with Crippen molar-refractivity contribution in [2.24, 2.45) is 5.92 Å². The van der Waals surface area contributed by atoms with E-state index in [1.54, 1.807) is 7.11 Å². The van der Waals surface area contributed by atoms with Crippen LogP contribution in [0.15, 0.2) is 48.5 Å². The van der Waals surface area contributed by atoms with E-state index in [0.717, 1.165) is 25.1 Å². The van der Waals surface area contributed by atoms with Gasteiger partial charge in [-0.15, -0.1) is 0 Å². The first-order valence-electron chi connectivity index (χ1n) is 10.1. The van der Waals surface area contributed by atoms with Gasteiger partial charge in [-0.3, -0.25) is 4.79 Å². The van der Waals surface area contributed by atoms with E-state index in [1.807, 2.05) is 36.9 Å². The highest BCUT2D eigenvalue weighted by Crippen LogP contribution is 2.59. The van der Waals surface area contributed by atoms with Gasteiger partial charge in [0.2, 0.25) is 0 Å². The van der Waals surface area contributed by atoms with Crippen LogP contribution in [-0.4, -0.2) is 42.7 Å². The Hall–Kier alpha value is -2.33. The van der Waals surface area contributed by atoms with E-state index in [0.29, 0.717) is 17.2 Å². The Morgan fingerprint density at radius 1 is 1.29 bits per heavy atom. The summed E-state index contributed by atoms with van der Waals surface area (Å²) in [7, 11) is 1.61. The van der Waals surface area contributed by atoms with Crippen molar-refractivity contribution < 1.29 is 16.1 Å². The third-order valence-electron chi connectivity index (χ3n) is 6.71. The summed E-state index contributed by atoms with van der Waals surface area (Å²) in [4.78, 5) is 15.1. The number of aliphatic hydroxyl groups is 1. The summed E-state index contributed by atoms with van der Waals surface area (Å²) in [6.07, 6.45) is 2.20. The first-order chi connectivity index (χ1) is 13.4. The zero-order valence-corrected chi connectivity index (χ0v) is 16.9. The van der Waals surface area contributed by atoms with E-state index in [4.69, 9.17) is 4.74 Å². The van der Waals surface area contributed by atoms with Crippen LogP contribution in [0, 0.1) is 5.92 Å². The second kappa shape index (κ2) is 6.93. The van der Waals surface area contributed by atoms with Crippen LogP contribution < -0.4 is 4.74 Å². The molecule has 1 amide bonds. The van der Waals surface area contributed by atoms with Crippen LogP contribution in [0.1, 0.15) is 49.6 Å². The standard InChI is InChI=1S/C24H29NO3.H2/c1-23(2,16-26)20-10-9-17(13-21(20)28-3)22(27)25-12-11-24(14-19(24)15-25)18-7-5-4-6-8-18;/h4-10,13,19,26H,11-12,14-16H2,1-3H3;1H. The number of hydrogen-bond donors (Lipinski definition) is 1. The van der Waals surface area contributed by atoms with Crippen molar-refractivity contribution in [1.29, 1.82) is 0 Å². The maximum atomic E-state index is 13.1. The van der Waals surface area contributed by atoms with Crippen molar-refractivity contribution in [2.45, 2.75) is 37.5 Å². The number of benzene rings is 2. The van der Waals surface area contributed by atoms with Gasteiger partial charge in [0.1, 0.15) is 5.75 Å². The van der Waals surface area contributed by atoms with E-state index in [9.17, 15) is 9.90 Å². The molecule has 4 rings (SSSR count). The molecule has 28 heavy (non-hydrogen) atoms. The lowest BCUT2D eigenvalue weighted by atomic mass is 9.84. The van der Waals surface area contributed by atoms with Crippen LogP contribution in [0.4, 0.5) is 0 Å². The second-order valence-electron chi connectivity index (χ2n) is 8.88. The first kappa shape index (κ1) is 19.0. The zero-order valence-electron chi connectivity index (χ0n) is 16.9. The van der Waals surface area contributed by atoms with Gasteiger partial charge >= 0.3 is 0 Å². The third kappa shape index (κ3) is 3.10. The van der Waals surface area contributed by atoms with E-state index in [2.05, 4.69) is 30.3 Å². The van der Waals surface area contributed by atoms with Crippen LogP contribution in [0.25, 0.3) is 0 Å². The molecule has 1 aliphatic heterocycles. The molecule has 1 heterocycles. The molecule has 0 radical (unpaired) electrons. The Morgan fingerprint density at radius 2 is 2.04 bits per heavy atom. The third-order valence-corrected chi connectivity index (χ3v) is 6.71. The average Bonchev–Trinajstić information content (AvgIpc) is 3.48. The molecule has 1 saturated carbocycles. The smallest absolute Gasteiger partial charge is 0.253 e. The monoisotopic (exact) mass is 381 g/mol. The van der Waals surface area contributed by atoms with Gasteiger partial charge in [-0.1, -0.05) is 50.2 Å². The SMILES string of the molecule is COc1cc(C(=O)N2CCC3(c4ccccc4)CC3C2)ccc1C(C)(C)CO.[HH]. The number of hydrogen-bond acceptors (Lipinski definition) is 3. The van der Waals surface area contributed by atoms with Gasteiger partial charge in [0, 0.05) is 36.5 Å². The van der Waals surface area contributed by atoms with Crippen molar-refractivity contribution in [3.63, 3.8) is 0 Å². The number of piperidine rings is 1. The predicted octanol–water partition coefficient (Wildman–Crippen LogP) is 4.01. The molecule has 2 aromatic rings. The highest BCUT2D eigenvalue weighted by Gasteiger charge is 2.57. The number of methoxy groups -OCH3 is 1. The lowest BCUT2D eigenvalue weighted by Gasteiger charge is -2.32. The summed E-state index contributed by atoms with van der Waals surface area (Å²) >= 11 is 0. The van der Waals surface area contributed by atoms with Crippen molar-refractivity contribution in [1.82, 2.24) is 4.90 Å². The molecule has 1 aliphatic carbocycles. The van der Waals surface area contributed by atoms with E-state index >= 15 is 0 Å². The minimum atomic E-state index is -0.415. The normalized spacial score (nSPS) is 23.9. The maximum Gasteiger partial charge on any atom is 0.253 e. The Morgan fingerprint density at radius 3 is 2.68 bits per heavy atom. The summed E-state index contributed by atoms with van der Waals surface area (Å²) in [5, 5.41) is 9.67. The van der Waals surface area contributed by atoms with Gasteiger partial charge in [-0.2, -0.15) is 0 Å². The van der Waals surface area contributed by atoms with Crippen LogP contribution in [-0.2, 0) is 10.8 Å². The minimum Gasteiger partial charge on any atom is -0.496 e. The van der Waals surface area contributed by atoms with Crippen LogP contribution in [0.3, 0.4) is 0 Å². The van der Waals surface area contributed by atoms with E-state index in [-0.39, 0.29) is 19.4 Å². The zero-order chi connectivity index (χ0) is 19.9. The highest BCUT2D eigenvalue weighted by atomic mass is 16.5. The maximum absolute atomic E-state index is 13.1. The lowest BCUT2D eigenvalue weighted by Crippen LogP contribution is -2.40. The van der Waals surface area contributed by atoms with Gasteiger partial charge < -0.3 is 14.7 Å². The molecule has 0 bridgehead atoms. The van der Waals surface area contributed by atoms with Crippen LogP contribution >= 0.6 is 0 Å². The number of likely N-dealkylation sites (tertiary alicyclic amines) is 1. The second-order valence-corrected chi connectivity index (χ2v) is 8.88. The van der Waals surface area contributed by atoms with Crippen molar-refractivity contribution in [3.05, 3.63) is 65.2 Å². The predicted molar refractivity (Wildman–Crippen MR) is 112 cm³/mol. The van der Waals surface area contributed by atoms with Crippen molar-refractivity contribution in [2.75, 3.05) is 26.8 Å². The Balaban J connectivity index is 0.00000240. The molecule has 2 atom stereocenters. The molecule has 1 N–H and O–H groups in total. The molecule has 1 saturated heterocycles. The number of rotatable bonds is 5. The van der Waals surface area contributed by atoms with E-state index in [1.165, 1.54) is 12.0 Å². The van der Waals surface area contributed by atoms with E-state index < -0.39 is 5.41 Å². The largest absolute Gasteiger partial charge is 0.496 e. The number of carbonyl (C=O) groups is 1. The molecule has 2 aliphatic rings. The fraction of sp³-hybridized carbons (Fsp3) is 0.458. The van der Waals surface area contributed by atoms with Gasteiger partial charge in [0.25, 0.3) is 5.91 Å². The quantitative estimate of drug-likeness (QED) is 0.851. The van der Waals surface area contributed by atoms with Gasteiger partial charge in [-0.05, 0) is 36.5 Å². The summed E-state index contributed by atoms with van der Waals surface area (Å²) in [6, 6.07) is 16.3. The molecule has 0 aromatic heterocycles. The first-order valence-corrected chi connectivity index (χ1v) is 10.1. The molecule has 4 nitrogen and oxygen atoms in total. The summed E-state index contributed by atoms with van der Waals surface area (Å²) in [5.41, 5.74) is 2.86. The van der Waals surface area contributed by atoms with Gasteiger partial charge in [-0.25, -0.2) is 0 Å². The Kier molecular flexibility index (Phi) is 4.70. The van der Waals surface area contributed by atoms with Crippen LogP contribution in [0.5, 0.6) is 5.75 Å². The van der Waals surface area contributed by atoms with Crippen LogP contribution in [0.2, 0.25) is 0 Å². The number of amides is 1. The molecule has 4 heteroatoms. The summed E-state index contributed by atoms with van der Waals surface area (Å²) < 4.78 is 5.53. The molecular weight excluding hydrogens is 350 g/mol. The average molecular weight is 382 g/mol.